The van der Waals surface area contributed by atoms with Crippen LogP contribution in [0.1, 0.15) is 19.4 Å². The molecule has 0 saturated heterocycles. The number of likely N-dealkylation sites (N-methyl/N-ethyl adjacent to an activating group) is 1. The molecule has 1 aliphatic rings. The molecule has 0 amide bonds. The second kappa shape index (κ2) is 4.94. The third-order valence-corrected chi connectivity index (χ3v) is 4.97. The Morgan fingerprint density at radius 2 is 2.17 bits per heavy atom. The van der Waals surface area contributed by atoms with E-state index in [1.807, 2.05) is 23.7 Å². The molecule has 0 saturated carbocycles. The summed E-state index contributed by atoms with van der Waals surface area (Å²) >= 11 is 1.86. The van der Waals surface area contributed by atoms with Gasteiger partial charge < -0.3 is 5.11 Å². The molecule has 18 heavy (non-hydrogen) atoms. The van der Waals surface area contributed by atoms with E-state index in [0.717, 1.165) is 13.0 Å². The average molecular weight is 265 g/mol. The molecule has 1 N–H and O–H groups in total. The van der Waals surface area contributed by atoms with Gasteiger partial charge in [-0.15, -0.1) is 11.8 Å². The fraction of sp³-hybridized carbons (Fsp3) is 0.500. The molecule has 1 aromatic carbocycles. The van der Waals surface area contributed by atoms with Gasteiger partial charge in [-0.05, 0) is 38.9 Å². The minimum absolute atomic E-state index is 0.450. The molecule has 0 aliphatic carbocycles. The highest BCUT2D eigenvalue weighted by Gasteiger charge is 2.34. The Hall–Kier alpha value is -1.00. The summed E-state index contributed by atoms with van der Waals surface area (Å²) in [6.07, 6.45) is 1.03. The summed E-state index contributed by atoms with van der Waals surface area (Å²) in [6.45, 7) is 4.29. The third kappa shape index (κ3) is 2.54. The van der Waals surface area contributed by atoms with Crippen molar-refractivity contribution < 1.29 is 9.90 Å². The molecule has 0 aromatic heterocycles. The zero-order valence-electron chi connectivity index (χ0n) is 11.0. The predicted octanol–water partition coefficient (Wildman–Crippen LogP) is 2.50. The van der Waals surface area contributed by atoms with Gasteiger partial charge in [-0.3, -0.25) is 9.69 Å². The first kappa shape index (κ1) is 13.4. The fourth-order valence-corrected chi connectivity index (χ4v) is 3.43. The minimum Gasteiger partial charge on any atom is -0.480 e. The Balaban J connectivity index is 2.00. The van der Waals surface area contributed by atoms with Crippen molar-refractivity contribution in [3.8, 4) is 0 Å². The molecule has 1 atom stereocenters. The van der Waals surface area contributed by atoms with Crippen molar-refractivity contribution >= 4 is 17.7 Å². The third-order valence-electron chi connectivity index (χ3n) is 3.67. The number of thioether (sulfide) groups is 1. The van der Waals surface area contributed by atoms with Crippen LogP contribution in [0.3, 0.4) is 0 Å². The molecular formula is C14H19NO2S. The highest BCUT2D eigenvalue weighted by atomic mass is 32.2. The quantitative estimate of drug-likeness (QED) is 0.908. The van der Waals surface area contributed by atoms with Gasteiger partial charge in [0, 0.05) is 16.7 Å². The maximum Gasteiger partial charge on any atom is 0.323 e. The molecule has 3 nitrogen and oxygen atoms in total. The molecular weight excluding hydrogens is 246 g/mol. The Morgan fingerprint density at radius 3 is 2.78 bits per heavy atom. The summed E-state index contributed by atoms with van der Waals surface area (Å²) in [5.74, 6) is -0.773. The van der Waals surface area contributed by atoms with Crippen LogP contribution >= 0.6 is 11.8 Å². The van der Waals surface area contributed by atoms with Crippen LogP contribution in [0, 0.1) is 0 Å². The Labute approximate surface area is 112 Å². The lowest BCUT2D eigenvalue weighted by Gasteiger charge is -2.33. The van der Waals surface area contributed by atoms with E-state index in [0.29, 0.717) is 5.25 Å². The van der Waals surface area contributed by atoms with Crippen LogP contribution in [0.15, 0.2) is 29.2 Å². The van der Waals surface area contributed by atoms with Crippen molar-refractivity contribution in [2.45, 2.75) is 36.0 Å². The largest absolute Gasteiger partial charge is 0.480 e. The van der Waals surface area contributed by atoms with E-state index in [-0.39, 0.29) is 0 Å². The number of rotatable bonds is 4. The number of fused-ring (bicyclic) bond motifs is 1. The fourth-order valence-electron chi connectivity index (χ4n) is 2.05. The lowest BCUT2D eigenvalue weighted by Crippen LogP contribution is -2.50. The molecule has 0 spiro atoms. The lowest BCUT2D eigenvalue weighted by atomic mass is 10.0. The average Bonchev–Trinajstić information content (AvgIpc) is 2.70. The van der Waals surface area contributed by atoms with Crippen molar-refractivity contribution in [2.75, 3.05) is 13.6 Å². The normalized spacial score (nSPS) is 19.0. The molecule has 0 radical (unpaired) electrons. The van der Waals surface area contributed by atoms with Gasteiger partial charge in [-0.2, -0.15) is 0 Å². The summed E-state index contributed by atoms with van der Waals surface area (Å²) < 4.78 is 0. The molecule has 98 valence electrons. The second-order valence-electron chi connectivity index (χ2n) is 5.30. The van der Waals surface area contributed by atoms with E-state index in [9.17, 15) is 9.90 Å². The van der Waals surface area contributed by atoms with Crippen molar-refractivity contribution in [1.29, 1.82) is 0 Å². The van der Waals surface area contributed by atoms with Gasteiger partial charge in [-0.25, -0.2) is 0 Å². The summed E-state index contributed by atoms with van der Waals surface area (Å²) in [7, 11) is 1.89. The topological polar surface area (TPSA) is 40.5 Å². The van der Waals surface area contributed by atoms with Gasteiger partial charge in [0.25, 0.3) is 0 Å². The van der Waals surface area contributed by atoms with Gasteiger partial charge in [0.15, 0.2) is 0 Å². The zero-order valence-corrected chi connectivity index (χ0v) is 11.8. The van der Waals surface area contributed by atoms with Gasteiger partial charge in [0.2, 0.25) is 0 Å². The lowest BCUT2D eigenvalue weighted by molar-refractivity contribution is -0.148. The maximum absolute atomic E-state index is 11.2. The number of nitrogens with zero attached hydrogens (tertiary/aromatic N) is 1. The first-order valence-electron chi connectivity index (χ1n) is 6.10. The van der Waals surface area contributed by atoms with Gasteiger partial charge in [0.1, 0.15) is 5.54 Å². The van der Waals surface area contributed by atoms with E-state index in [2.05, 4.69) is 24.3 Å². The number of carbonyl (C=O) groups is 1. The zero-order chi connectivity index (χ0) is 13.3. The Morgan fingerprint density at radius 1 is 1.50 bits per heavy atom. The smallest absolute Gasteiger partial charge is 0.323 e. The first-order chi connectivity index (χ1) is 8.41. The summed E-state index contributed by atoms with van der Waals surface area (Å²) in [4.78, 5) is 14.5. The SMILES string of the molecule is CN(CC1Cc2ccccc2S1)C(C)(C)C(=O)O. The molecule has 4 heteroatoms. The molecule has 1 aliphatic heterocycles. The summed E-state index contributed by atoms with van der Waals surface area (Å²) in [5.41, 5.74) is 0.573. The van der Waals surface area contributed by atoms with E-state index in [4.69, 9.17) is 0 Å². The minimum atomic E-state index is -0.810. The highest BCUT2D eigenvalue weighted by molar-refractivity contribution is 8.00. The Kier molecular flexibility index (Phi) is 3.69. The Bertz CT molecular complexity index is 434. The number of benzene rings is 1. The monoisotopic (exact) mass is 265 g/mol. The molecule has 1 heterocycles. The molecule has 0 bridgehead atoms. The maximum atomic E-state index is 11.2. The van der Waals surface area contributed by atoms with E-state index in [1.54, 1.807) is 13.8 Å². The summed E-state index contributed by atoms with van der Waals surface area (Å²) in [6, 6.07) is 8.42. The van der Waals surface area contributed by atoms with E-state index >= 15 is 0 Å². The number of aliphatic carboxylic acids is 1. The molecule has 2 rings (SSSR count). The van der Waals surface area contributed by atoms with Crippen molar-refractivity contribution in [3.63, 3.8) is 0 Å². The van der Waals surface area contributed by atoms with Crippen LogP contribution in [-0.2, 0) is 11.2 Å². The van der Waals surface area contributed by atoms with Crippen LogP contribution < -0.4 is 0 Å². The predicted molar refractivity (Wildman–Crippen MR) is 74.1 cm³/mol. The number of carboxylic acids is 1. The van der Waals surface area contributed by atoms with Crippen LogP contribution in [0.2, 0.25) is 0 Å². The van der Waals surface area contributed by atoms with Gasteiger partial charge >= 0.3 is 5.97 Å². The van der Waals surface area contributed by atoms with Crippen molar-refractivity contribution in [2.24, 2.45) is 0 Å². The number of hydrogen-bond donors (Lipinski definition) is 1. The van der Waals surface area contributed by atoms with Crippen molar-refractivity contribution in [3.05, 3.63) is 29.8 Å². The molecule has 1 aromatic rings. The van der Waals surface area contributed by atoms with Gasteiger partial charge in [0.05, 0.1) is 0 Å². The standard InChI is InChI=1S/C14H19NO2S/c1-14(2,13(16)17)15(3)9-11-8-10-6-4-5-7-12(10)18-11/h4-7,11H,8-9H2,1-3H3,(H,16,17). The van der Waals surface area contributed by atoms with Crippen LogP contribution in [0.4, 0.5) is 0 Å². The van der Waals surface area contributed by atoms with Crippen LogP contribution in [-0.4, -0.2) is 40.4 Å². The first-order valence-corrected chi connectivity index (χ1v) is 6.98. The van der Waals surface area contributed by atoms with E-state index in [1.165, 1.54) is 10.5 Å². The van der Waals surface area contributed by atoms with Crippen LogP contribution in [0.5, 0.6) is 0 Å². The summed E-state index contributed by atoms with van der Waals surface area (Å²) in [5, 5.41) is 9.66. The molecule has 0 fully saturated rings. The molecule has 1 unspecified atom stereocenters. The highest BCUT2D eigenvalue weighted by Crippen LogP contribution is 2.37. The van der Waals surface area contributed by atoms with Crippen molar-refractivity contribution in [1.82, 2.24) is 4.90 Å². The van der Waals surface area contributed by atoms with Crippen LogP contribution in [0.25, 0.3) is 0 Å². The van der Waals surface area contributed by atoms with E-state index < -0.39 is 11.5 Å². The number of hydrogen-bond acceptors (Lipinski definition) is 3. The van der Waals surface area contributed by atoms with Gasteiger partial charge in [-0.1, -0.05) is 18.2 Å². The number of carboxylic acid groups (broad SMARTS) is 1. The second-order valence-corrected chi connectivity index (χ2v) is 6.64.